The Morgan fingerprint density at radius 3 is 2.75 bits per heavy atom. The molecule has 0 saturated heterocycles. The van der Waals surface area contributed by atoms with E-state index >= 15 is 0 Å². The zero-order valence-electron chi connectivity index (χ0n) is 12.0. The molecule has 0 aliphatic heterocycles. The topological polar surface area (TPSA) is 144 Å². The quantitative estimate of drug-likeness (QED) is 0.436. The van der Waals surface area contributed by atoms with E-state index < -0.39 is 19.3 Å². The molecule has 1 heterocycles. The first-order valence-corrected chi connectivity index (χ1v) is 9.01. The van der Waals surface area contributed by atoms with Crippen molar-refractivity contribution in [3.8, 4) is 0 Å². The van der Waals surface area contributed by atoms with Crippen LogP contribution in [0.3, 0.4) is 0 Å². The summed E-state index contributed by atoms with van der Waals surface area (Å²) in [6, 6.07) is 3.33. The lowest BCUT2D eigenvalue weighted by Crippen LogP contribution is -2.13. The number of hydrogen-bond donors (Lipinski definition) is 2. The van der Waals surface area contributed by atoms with Gasteiger partial charge < -0.3 is 5.32 Å². The Hall–Kier alpha value is -2.31. The summed E-state index contributed by atoms with van der Waals surface area (Å²) >= 11 is 6.49. The second-order valence-electron chi connectivity index (χ2n) is 4.30. The molecule has 1 aromatic carbocycles. The summed E-state index contributed by atoms with van der Waals surface area (Å²) in [7, 11) is -4.16. The Kier molecular flexibility index (Phi) is 5.31. The van der Waals surface area contributed by atoms with Crippen LogP contribution in [0.4, 0.5) is 16.5 Å². The molecule has 2 rings (SSSR count). The predicted octanol–water partition coefficient (Wildman–Crippen LogP) is 2.25. The van der Waals surface area contributed by atoms with E-state index in [1.54, 1.807) is 6.92 Å². The summed E-state index contributed by atoms with van der Waals surface area (Å²) in [5.74, 6) is -0.343. The number of rotatable bonds is 6. The van der Waals surface area contributed by atoms with E-state index in [-0.39, 0.29) is 33.9 Å². The molecule has 0 atom stereocenters. The first-order chi connectivity index (χ1) is 11.2. The lowest BCUT2D eigenvalue weighted by atomic mass is 10.3. The number of halogens is 1. The van der Waals surface area contributed by atoms with Crippen LogP contribution in [0.5, 0.6) is 0 Å². The second-order valence-corrected chi connectivity index (χ2v) is 7.54. The van der Waals surface area contributed by atoms with Crippen molar-refractivity contribution in [3.63, 3.8) is 0 Å². The van der Waals surface area contributed by atoms with Gasteiger partial charge in [0.05, 0.1) is 15.6 Å². The van der Waals surface area contributed by atoms with Crippen molar-refractivity contribution in [2.75, 3.05) is 10.0 Å². The molecule has 1 amide bonds. The molecule has 0 unspecified atom stereocenters. The number of nitro benzene ring substituents is 1. The Bertz CT molecular complexity index is 898. The minimum absolute atomic E-state index is 0.0202. The van der Waals surface area contributed by atoms with Gasteiger partial charge in [-0.15, -0.1) is 10.2 Å². The lowest BCUT2D eigenvalue weighted by Gasteiger charge is -2.06. The van der Waals surface area contributed by atoms with Crippen LogP contribution in [0.1, 0.15) is 13.3 Å². The van der Waals surface area contributed by atoms with Crippen LogP contribution in [0.15, 0.2) is 22.5 Å². The highest BCUT2D eigenvalue weighted by molar-refractivity contribution is 7.94. The molecule has 13 heteroatoms. The average Bonchev–Trinajstić information content (AvgIpc) is 2.98. The Labute approximate surface area is 145 Å². The highest BCUT2D eigenvalue weighted by Gasteiger charge is 2.23. The molecule has 10 nitrogen and oxygen atoms in total. The van der Waals surface area contributed by atoms with E-state index in [0.29, 0.717) is 11.3 Å². The van der Waals surface area contributed by atoms with E-state index in [1.165, 1.54) is 6.07 Å². The number of hydrogen-bond acceptors (Lipinski definition) is 8. The minimum atomic E-state index is -4.16. The number of non-ortho nitro benzene ring substituents is 1. The maximum absolute atomic E-state index is 12.3. The van der Waals surface area contributed by atoms with E-state index in [2.05, 4.69) is 20.2 Å². The summed E-state index contributed by atoms with van der Waals surface area (Å²) < 4.78 is 26.2. The highest BCUT2D eigenvalue weighted by Crippen LogP contribution is 2.30. The third-order valence-electron chi connectivity index (χ3n) is 2.61. The van der Waals surface area contributed by atoms with E-state index in [1.807, 2.05) is 0 Å². The smallest absolute Gasteiger partial charge is 0.291 e. The number of nitrogens with one attached hydrogen (secondary N) is 2. The van der Waals surface area contributed by atoms with Crippen LogP contribution in [-0.4, -0.2) is 29.4 Å². The van der Waals surface area contributed by atoms with Gasteiger partial charge in [-0.1, -0.05) is 29.9 Å². The average molecular weight is 392 g/mol. The number of sulfonamides is 1. The fourth-order valence-corrected chi connectivity index (χ4v) is 3.68. The van der Waals surface area contributed by atoms with Crippen molar-refractivity contribution in [3.05, 3.63) is 33.3 Å². The van der Waals surface area contributed by atoms with Gasteiger partial charge in [0, 0.05) is 18.6 Å². The number of carbonyl (C=O) groups is 1. The van der Waals surface area contributed by atoms with Crippen molar-refractivity contribution < 1.29 is 18.1 Å². The molecule has 0 aliphatic rings. The predicted molar refractivity (Wildman–Crippen MR) is 87.7 cm³/mol. The van der Waals surface area contributed by atoms with Crippen LogP contribution in [0.25, 0.3) is 0 Å². The molecule has 0 spiro atoms. The number of amides is 1. The molecule has 0 fully saturated rings. The molecule has 2 aromatic rings. The van der Waals surface area contributed by atoms with Gasteiger partial charge in [0.1, 0.15) is 0 Å². The number of benzene rings is 1. The van der Waals surface area contributed by atoms with E-state index in [9.17, 15) is 23.3 Å². The van der Waals surface area contributed by atoms with Crippen molar-refractivity contribution >= 4 is 55.4 Å². The summed E-state index contributed by atoms with van der Waals surface area (Å²) in [4.78, 5) is 21.3. The molecule has 0 aliphatic carbocycles. The van der Waals surface area contributed by atoms with Crippen LogP contribution in [0.2, 0.25) is 5.02 Å². The summed E-state index contributed by atoms with van der Waals surface area (Å²) in [6.07, 6.45) is 0.198. The molecular formula is C11H10ClN5O5S2. The largest absolute Gasteiger partial charge is 0.301 e. The maximum Gasteiger partial charge on any atom is 0.291 e. The van der Waals surface area contributed by atoms with Gasteiger partial charge in [-0.25, -0.2) is 0 Å². The first-order valence-electron chi connectivity index (χ1n) is 6.33. The number of anilines is 2. The first kappa shape index (κ1) is 18.0. The number of carbonyl (C=O) groups excluding carboxylic acids is 1. The third-order valence-corrected chi connectivity index (χ3v) is 5.51. The zero-order valence-corrected chi connectivity index (χ0v) is 14.4. The molecule has 128 valence electrons. The normalized spacial score (nSPS) is 11.1. The molecule has 0 bridgehead atoms. The van der Waals surface area contributed by atoms with Crippen LogP contribution < -0.4 is 10.0 Å². The third kappa shape index (κ3) is 4.15. The molecular weight excluding hydrogens is 382 g/mol. The van der Waals surface area contributed by atoms with Crippen LogP contribution in [-0.2, 0) is 14.8 Å². The summed E-state index contributed by atoms with van der Waals surface area (Å²) in [5, 5.41) is 20.2. The van der Waals surface area contributed by atoms with Crippen molar-refractivity contribution in [2.45, 2.75) is 17.7 Å². The number of nitrogens with zero attached hydrogens (tertiary/aromatic N) is 3. The molecule has 0 radical (unpaired) electrons. The lowest BCUT2D eigenvalue weighted by molar-refractivity contribution is -0.384. The SMILES string of the molecule is CCC(=O)Nc1nnc(S(=O)(=O)Nc2cc([N+](=O)[O-])ccc2Cl)s1. The zero-order chi connectivity index (χ0) is 17.9. The van der Waals surface area contributed by atoms with Crippen LogP contribution >= 0.6 is 22.9 Å². The Morgan fingerprint density at radius 2 is 2.12 bits per heavy atom. The molecule has 2 N–H and O–H groups in total. The molecule has 0 saturated carbocycles. The van der Waals surface area contributed by atoms with E-state index in [0.717, 1.165) is 12.1 Å². The van der Waals surface area contributed by atoms with Gasteiger partial charge in [0.15, 0.2) is 0 Å². The fraction of sp³-hybridized carbons (Fsp3) is 0.182. The maximum atomic E-state index is 12.3. The van der Waals surface area contributed by atoms with Gasteiger partial charge in [-0.3, -0.25) is 19.6 Å². The van der Waals surface area contributed by atoms with Crippen LogP contribution in [0, 0.1) is 10.1 Å². The van der Waals surface area contributed by atoms with Gasteiger partial charge in [-0.05, 0) is 6.07 Å². The highest BCUT2D eigenvalue weighted by atomic mass is 35.5. The number of nitro groups is 1. The van der Waals surface area contributed by atoms with Gasteiger partial charge >= 0.3 is 0 Å². The monoisotopic (exact) mass is 391 g/mol. The Morgan fingerprint density at radius 1 is 1.42 bits per heavy atom. The van der Waals surface area contributed by atoms with Gasteiger partial charge in [-0.2, -0.15) is 8.42 Å². The van der Waals surface area contributed by atoms with E-state index in [4.69, 9.17) is 11.6 Å². The molecule has 1 aromatic heterocycles. The fourth-order valence-electron chi connectivity index (χ4n) is 1.47. The standard InChI is InChI=1S/C11H10ClN5O5S2/c1-2-9(18)13-10-14-15-11(23-10)24(21,22)16-8-5-6(17(19)20)3-4-7(8)12/h3-5,16H,2H2,1H3,(H,13,14,18). The van der Waals surface area contributed by atoms with Crippen molar-refractivity contribution in [1.29, 1.82) is 0 Å². The van der Waals surface area contributed by atoms with Gasteiger partial charge in [0.2, 0.25) is 11.0 Å². The van der Waals surface area contributed by atoms with Crippen molar-refractivity contribution in [1.82, 2.24) is 10.2 Å². The second kappa shape index (κ2) is 7.07. The number of aromatic nitrogens is 2. The van der Waals surface area contributed by atoms with Gasteiger partial charge in [0.25, 0.3) is 20.1 Å². The molecule has 24 heavy (non-hydrogen) atoms. The summed E-state index contributed by atoms with van der Waals surface area (Å²) in [6.45, 7) is 1.62. The Balaban J connectivity index is 2.27. The van der Waals surface area contributed by atoms with Crippen molar-refractivity contribution in [2.24, 2.45) is 0 Å². The summed E-state index contributed by atoms with van der Waals surface area (Å²) in [5.41, 5.74) is -0.495. The minimum Gasteiger partial charge on any atom is -0.301 e.